The molecule has 1 heterocycles. The Morgan fingerprint density at radius 2 is 2.05 bits per heavy atom. The summed E-state index contributed by atoms with van der Waals surface area (Å²) in [5, 5.41) is 5.45. The zero-order valence-corrected chi connectivity index (χ0v) is 13.4. The zero-order chi connectivity index (χ0) is 16.3. The van der Waals surface area contributed by atoms with Crippen molar-refractivity contribution in [1.29, 1.82) is 0 Å². The third kappa shape index (κ3) is 3.81. The van der Waals surface area contributed by atoms with Crippen molar-refractivity contribution in [2.24, 2.45) is 5.10 Å². The second-order valence-electron chi connectivity index (χ2n) is 5.95. The maximum absolute atomic E-state index is 11.9. The number of hydrazone groups is 1. The van der Waals surface area contributed by atoms with E-state index in [1.807, 2.05) is 37.8 Å². The summed E-state index contributed by atoms with van der Waals surface area (Å²) in [6.07, 6.45) is 1.15. The highest BCUT2D eigenvalue weighted by Gasteiger charge is 2.24. The minimum Gasteiger partial charge on any atom is -0.495 e. The van der Waals surface area contributed by atoms with Gasteiger partial charge in [-0.3, -0.25) is 0 Å². The van der Waals surface area contributed by atoms with Crippen LogP contribution in [0.3, 0.4) is 0 Å². The van der Waals surface area contributed by atoms with Gasteiger partial charge >= 0.3 is 6.09 Å². The van der Waals surface area contributed by atoms with E-state index in [4.69, 9.17) is 15.2 Å². The van der Waals surface area contributed by atoms with Crippen molar-refractivity contribution in [3.05, 3.63) is 18.2 Å². The van der Waals surface area contributed by atoms with Crippen LogP contribution in [0.25, 0.3) is 0 Å². The number of nitrogens with zero attached hydrogens (tertiary/aromatic N) is 3. The SMILES string of the molecule is COc1cc(N2C=NN(C(=O)OC(C)(C)C)CC2)ccc1N. The van der Waals surface area contributed by atoms with E-state index < -0.39 is 11.7 Å². The molecule has 0 saturated heterocycles. The van der Waals surface area contributed by atoms with Crippen molar-refractivity contribution in [1.82, 2.24) is 5.01 Å². The molecule has 22 heavy (non-hydrogen) atoms. The first-order chi connectivity index (χ1) is 10.3. The maximum atomic E-state index is 11.9. The van der Waals surface area contributed by atoms with Crippen LogP contribution in [0.15, 0.2) is 23.3 Å². The van der Waals surface area contributed by atoms with Crippen molar-refractivity contribution in [2.45, 2.75) is 26.4 Å². The summed E-state index contributed by atoms with van der Waals surface area (Å²) < 4.78 is 10.5. The lowest BCUT2D eigenvalue weighted by atomic mass is 10.2. The number of nitrogen functional groups attached to an aromatic ring is 1. The Bertz CT molecular complexity index is 581. The molecule has 0 aliphatic carbocycles. The predicted octanol–water partition coefficient (Wildman–Crippen LogP) is 2.28. The number of rotatable bonds is 2. The molecule has 1 amide bonds. The van der Waals surface area contributed by atoms with Crippen LogP contribution in [0.2, 0.25) is 0 Å². The molecule has 1 aromatic rings. The van der Waals surface area contributed by atoms with Gasteiger partial charge in [-0.2, -0.15) is 10.1 Å². The summed E-state index contributed by atoms with van der Waals surface area (Å²) in [5.41, 5.74) is 6.75. The number of amides is 1. The van der Waals surface area contributed by atoms with Crippen LogP contribution in [0, 0.1) is 0 Å². The summed E-state index contributed by atoms with van der Waals surface area (Å²) in [4.78, 5) is 13.9. The fourth-order valence-corrected chi connectivity index (χ4v) is 1.97. The van der Waals surface area contributed by atoms with Crippen molar-refractivity contribution in [3.63, 3.8) is 0 Å². The fourth-order valence-electron chi connectivity index (χ4n) is 1.97. The van der Waals surface area contributed by atoms with Crippen LogP contribution < -0.4 is 15.4 Å². The normalized spacial score (nSPS) is 14.9. The molecule has 0 spiro atoms. The molecule has 0 aromatic heterocycles. The molecular formula is C15H22N4O3. The quantitative estimate of drug-likeness (QED) is 0.848. The van der Waals surface area contributed by atoms with E-state index >= 15 is 0 Å². The highest BCUT2D eigenvalue weighted by Crippen LogP contribution is 2.27. The number of carbonyl (C=O) groups is 1. The number of ether oxygens (including phenoxy) is 2. The van der Waals surface area contributed by atoms with E-state index in [1.165, 1.54) is 5.01 Å². The largest absolute Gasteiger partial charge is 0.495 e. The molecule has 1 aromatic carbocycles. The molecule has 0 fully saturated rings. The fraction of sp³-hybridized carbons (Fsp3) is 0.467. The average molecular weight is 306 g/mol. The van der Waals surface area contributed by atoms with Crippen LogP contribution in [-0.4, -0.2) is 43.2 Å². The number of hydrogen-bond acceptors (Lipinski definition) is 6. The van der Waals surface area contributed by atoms with Gasteiger partial charge in [-0.05, 0) is 32.9 Å². The number of carbonyl (C=O) groups excluding carboxylic acids is 1. The minimum absolute atomic E-state index is 0.443. The van der Waals surface area contributed by atoms with E-state index in [1.54, 1.807) is 19.5 Å². The molecule has 7 nitrogen and oxygen atoms in total. The van der Waals surface area contributed by atoms with Gasteiger partial charge in [0.25, 0.3) is 0 Å². The van der Waals surface area contributed by atoms with Crippen LogP contribution in [-0.2, 0) is 4.74 Å². The molecule has 2 rings (SSSR count). The molecule has 1 aliphatic heterocycles. The van der Waals surface area contributed by atoms with E-state index in [0.29, 0.717) is 24.5 Å². The van der Waals surface area contributed by atoms with Gasteiger partial charge in [-0.25, -0.2) is 4.79 Å². The van der Waals surface area contributed by atoms with Crippen molar-refractivity contribution in [2.75, 3.05) is 30.8 Å². The standard InChI is InChI=1S/C15H22N4O3/c1-15(2,3)22-14(20)19-8-7-18(10-17-19)11-5-6-12(16)13(9-11)21-4/h5-6,9-10H,7-8,16H2,1-4H3. The third-order valence-electron chi connectivity index (χ3n) is 3.04. The molecule has 1 aliphatic rings. The van der Waals surface area contributed by atoms with Gasteiger partial charge < -0.3 is 20.1 Å². The summed E-state index contributed by atoms with van der Waals surface area (Å²) in [6, 6.07) is 5.50. The van der Waals surface area contributed by atoms with E-state index in [2.05, 4.69) is 5.10 Å². The zero-order valence-electron chi connectivity index (χ0n) is 13.4. The minimum atomic E-state index is -0.534. The molecule has 0 bridgehead atoms. The lowest BCUT2D eigenvalue weighted by Crippen LogP contribution is -2.42. The molecule has 7 heteroatoms. The summed E-state index contributed by atoms with van der Waals surface area (Å²) in [5.74, 6) is 0.612. The topological polar surface area (TPSA) is 80.4 Å². The van der Waals surface area contributed by atoms with Crippen LogP contribution in [0.5, 0.6) is 5.75 Å². The molecule has 2 N–H and O–H groups in total. The summed E-state index contributed by atoms with van der Waals surface area (Å²) >= 11 is 0. The molecule has 0 unspecified atom stereocenters. The first-order valence-electron chi connectivity index (χ1n) is 7.05. The second-order valence-corrected chi connectivity index (χ2v) is 5.95. The lowest BCUT2D eigenvalue weighted by Gasteiger charge is -2.30. The van der Waals surface area contributed by atoms with Gasteiger partial charge in [0, 0.05) is 18.3 Å². The Hall–Kier alpha value is -2.44. The summed E-state index contributed by atoms with van der Waals surface area (Å²) in [6.45, 7) is 6.52. The molecule has 0 atom stereocenters. The van der Waals surface area contributed by atoms with Gasteiger partial charge in [-0.1, -0.05) is 0 Å². The number of nitrogens with two attached hydrogens (primary N) is 1. The Balaban J connectivity index is 2.06. The average Bonchev–Trinajstić information content (AvgIpc) is 2.46. The molecule has 0 saturated carbocycles. The molecule has 120 valence electrons. The van der Waals surface area contributed by atoms with Crippen molar-refractivity contribution < 1.29 is 14.3 Å². The second kappa shape index (κ2) is 6.13. The first kappa shape index (κ1) is 15.9. The Kier molecular flexibility index (Phi) is 4.44. The van der Waals surface area contributed by atoms with Gasteiger partial charge in [0.1, 0.15) is 17.7 Å². The lowest BCUT2D eigenvalue weighted by molar-refractivity contribution is 0.0255. The highest BCUT2D eigenvalue weighted by molar-refractivity contribution is 5.83. The Morgan fingerprint density at radius 1 is 1.32 bits per heavy atom. The van der Waals surface area contributed by atoms with Crippen LogP contribution in [0.1, 0.15) is 20.8 Å². The first-order valence-corrected chi connectivity index (χ1v) is 7.05. The smallest absolute Gasteiger partial charge is 0.431 e. The molecular weight excluding hydrogens is 284 g/mol. The van der Waals surface area contributed by atoms with Crippen molar-refractivity contribution in [3.8, 4) is 5.75 Å². The number of anilines is 2. The van der Waals surface area contributed by atoms with E-state index in [-0.39, 0.29) is 0 Å². The van der Waals surface area contributed by atoms with E-state index in [0.717, 1.165) is 5.69 Å². The Morgan fingerprint density at radius 3 is 2.59 bits per heavy atom. The number of hydrogen-bond donors (Lipinski definition) is 1. The van der Waals surface area contributed by atoms with Gasteiger partial charge in [0.05, 0.1) is 19.3 Å². The maximum Gasteiger partial charge on any atom is 0.431 e. The highest BCUT2D eigenvalue weighted by atomic mass is 16.6. The number of methoxy groups -OCH3 is 1. The van der Waals surface area contributed by atoms with Gasteiger partial charge in [0.2, 0.25) is 0 Å². The molecule has 0 radical (unpaired) electrons. The van der Waals surface area contributed by atoms with Crippen LogP contribution in [0.4, 0.5) is 16.2 Å². The summed E-state index contributed by atoms with van der Waals surface area (Å²) in [7, 11) is 1.57. The monoisotopic (exact) mass is 306 g/mol. The number of benzene rings is 1. The van der Waals surface area contributed by atoms with Crippen molar-refractivity contribution >= 4 is 23.8 Å². The van der Waals surface area contributed by atoms with Crippen LogP contribution >= 0.6 is 0 Å². The Labute approximate surface area is 130 Å². The predicted molar refractivity (Wildman–Crippen MR) is 86.2 cm³/mol. The van der Waals surface area contributed by atoms with Gasteiger partial charge in [0.15, 0.2) is 0 Å². The van der Waals surface area contributed by atoms with Gasteiger partial charge in [-0.15, -0.1) is 0 Å². The third-order valence-corrected chi connectivity index (χ3v) is 3.04. The van der Waals surface area contributed by atoms with E-state index in [9.17, 15) is 4.79 Å².